The van der Waals surface area contributed by atoms with Crippen molar-refractivity contribution in [1.82, 2.24) is 4.90 Å². The minimum absolute atomic E-state index is 0.116. The predicted molar refractivity (Wildman–Crippen MR) is 81.6 cm³/mol. The van der Waals surface area contributed by atoms with E-state index in [0.717, 1.165) is 31.8 Å². The number of carbonyl (C=O) groups is 1. The maximum absolute atomic E-state index is 12.4. The van der Waals surface area contributed by atoms with E-state index in [0.29, 0.717) is 25.4 Å². The van der Waals surface area contributed by atoms with Gasteiger partial charge in [-0.2, -0.15) is 0 Å². The van der Waals surface area contributed by atoms with Gasteiger partial charge in [0, 0.05) is 19.6 Å². The number of rotatable bonds is 4. The minimum Gasteiger partial charge on any atom is -0.486 e. The Balaban J connectivity index is 1.52. The minimum atomic E-state index is -0.626. The summed E-state index contributed by atoms with van der Waals surface area (Å²) in [5, 5.41) is 10.1. The van der Waals surface area contributed by atoms with Crippen LogP contribution < -0.4 is 4.74 Å². The SMILES string of the molecule is O=C(CC1CCOCC1)N1C[C@@H](O)[C@H](Oc2ccccc2)C1. The fourth-order valence-corrected chi connectivity index (χ4v) is 3.08. The molecule has 22 heavy (non-hydrogen) atoms. The number of nitrogens with zero attached hydrogens (tertiary/aromatic N) is 1. The number of aliphatic hydroxyl groups is 1. The molecule has 2 heterocycles. The zero-order chi connectivity index (χ0) is 15.4. The number of carbonyl (C=O) groups excluding carboxylic acids is 1. The molecule has 2 fully saturated rings. The highest BCUT2D eigenvalue weighted by molar-refractivity contribution is 5.77. The number of ether oxygens (including phenoxy) is 2. The van der Waals surface area contributed by atoms with Crippen molar-refractivity contribution >= 4 is 5.91 Å². The highest BCUT2D eigenvalue weighted by Crippen LogP contribution is 2.23. The van der Waals surface area contributed by atoms with E-state index in [1.807, 2.05) is 30.3 Å². The molecule has 0 saturated carbocycles. The van der Waals surface area contributed by atoms with Gasteiger partial charge in [-0.15, -0.1) is 0 Å². The second-order valence-corrected chi connectivity index (χ2v) is 6.10. The number of amides is 1. The number of likely N-dealkylation sites (tertiary alicyclic amines) is 1. The van der Waals surface area contributed by atoms with Gasteiger partial charge in [-0.1, -0.05) is 18.2 Å². The molecule has 2 aliphatic heterocycles. The lowest BCUT2D eigenvalue weighted by molar-refractivity contribution is -0.132. The smallest absolute Gasteiger partial charge is 0.223 e. The molecule has 0 radical (unpaired) electrons. The summed E-state index contributed by atoms with van der Waals surface area (Å²) in [6.45, 7) is 2.32. The van der Waals surface area contributed by atoms with Gasteiger partial charge in [0.15, 0.2) is 0 Å². The number of aliphatic hydroxyl groups excluding tert-OH is 1. The number of benzene rings is 1. The van der Waals surface area contributed by atoms with E-state index in [4.69, 9.17) is 9.47 Å². The lowest BCUT2D eigenvalue weighted by atomic mass is 9.96. The molecule has 3 rings (SSSR count). The largest absolute Gasteiger partial charge is 0.486 e. The van der Waals surface area contributed by atoms with Crippen LogP contribution in [-0.4, -0.2) is 54.4 Å². The highest BCUT2D eigenvalue weighted by atomic mass is 16.5. The van der Waals surface area contributed by atoms with Crippen LogP contribution in [0.15, 0.2) is 30.3 Å². The summed E-state index contributed by atoms with van der Waals surface area (Å²) in [4.78, 5) is 14.1. The Labute approximate surface area is 130 Å². The van der Waals surface area contributed by atoms with Gasteiger partial charge in [0.25, 0.3) is 0 Å². The van der Waals surface area contributed by atoms with Crippen molar-refractivity contribution in [2.75, 3.05) is 26.3 Å². The van der Waals surface area contributed by atoms with Crippen LogP contribution in [0.25, 0.3) is 0 Å². The third-order valence-corrected chi connectivity index (χ3v) is 4.42. The molecule has 5 nitrogen and oxygen atoms in total. The second kappa shape index (κ2) is 7.11. The Morgan fingerprint density at radius 2 is 1.95 bits per heavy atom. The number of para-hydroxylation sites is 1. The van der Waals surface area contributed by atoms with Gasteiger partial charge in [0.1, 0.15) is 18.0 Å². The zero-order valence-electron chi connectivity index (χ0n) is 12.7. The Kier molecular flexibility index (Phi) is 4.95. The summed E-state index contributed by atoms with van der Waals surface area (Å²) in [7, 11) is 0. The van der Waals surface area contributed by atoms with Crippen LogP contribution in [0, 0.1) is 5.92 Å². The topological polar surface area (TPSA) is 59.0 Å². The highest BCUT2D eigenvalue weighted by Gasteiger charge is 2.36. The number of hydrogen-bond donors (Lipinski definition) is 1. The molecule has 1 N–H and O–H groups in total. The standard InChI is InChI=1S/C17H23NO4/c19-15-11-18(17(20)10-13-6-8-21-9-7-13)12-16(15)22-14-4-2-1-3-5-14/h1-5,13,15-16,19H,6-12H2/t15-,16-/m1/s1. The first-order chi connectivity index (χ1) is 10.7. The van der Waals surface area contributed by atoms with Crippen LogP contribution in [0.1, 0.15) is 19.3 Å². The number of β-amino-alcohol motifs (C(OH)–C–C–N with tert-alkyl or cyclic N) is 1. The normalized spacial score (nSPS) is 26.1. The molecule has 2 saturated heterocycles. The van der Waals surface area contributed by atoms with Crippen LogP contribution in [0.2, 0.25) is 0 Å². The summed E-state index contributed by atoms with van der Waals surface area (Å²) in [5.41, 5.74) is 0. The van der Waals surface area contributed by atoms with Gasteiger partial charge in [-0.05, 0) is 30.9 Å². The van der Waals surface area contributed by atoms with Crippen molar-refractivity contribution in [3.05, 3.63) is 30.3 Å². The van der Waals surface area contributed by atoms with Crippen molar-refractivity contribution < 1.29 is 19.4 Å². The monoisotopic (exact) mass is 305 g/mol. The maximum Gasteiger partial charge on any atom is 0.223 e. The maximum atomic E-state index is 12.4. The molecule has 0 unspecified atom stereocenters. The van der Waals surface area contributed by atoms with E-state index >= 15 is 0 Å². The predicted octanol–water partition coefficient (Wildman–Crippen LogP) is 1.45. The van der Waals surface area contributed by atoms with Crippen molar-refractivity contribution in [3.63, 3.8) is 0 Å². The van der Waals surface area contributed by atoms with Crippen LogP contribution in [0.4, 0.5) is 0 Å². The quantitative estimate of drug-likeness (QED) is 0.915. The van der Waals surface area contributed by atoms with Gasteiger partial charge >= 0.3 is 0 Å². The summed E-state index contributed by atoms with van der Waals surface area (Å²) in [5.74, 6) is 1.25. The van der Waals surface area contributed by atoms with Crippen LogP contribution >= 0.6 is 0 Å². The van der Waals surface area contributed by atoms with Gasteiger partial charge in [-0.3, -0.25) is 4.79 Å². The zero-order valence-corrected chi connectivity index (χ0v) is 12.7. The fourth-order valence-electron chi connectivity index (χ4n) is 3.08. The molecule has 2 aliphatic rings. The molecular formula is C17H23NO4. The van der Waals surface area contributed by atoms with Crippen molar-refractivity contribution in [2.45, 2.75) is 31.5 Å². The van der Waals surface area contributed by atoms with E-state index in [2.05, 4.69) is 0 Å². The lowest BCUT2D eigenvalue weighted by Crippen LogP contribution is -2.33. The summed E-state index contributed by atoms with van der Waals surface area (Å²) < 4.78 is 11.1. The van der Waals surface area contributed by atoms with Gasteiger partial charge in [0.05, 0.1) is 13.1 Å². The van der Waals surface area contributed by atoms with Crippen molar-refractivity contribution in [3.8, 4) is 5.75 Å². The molecule has 1 amide bonds. The fraction of sp³-hybridized carbons (Fsp3) is 0.588. The molecule has 2 atom stereocenters. The lowest BCUT2D eigenvalue weighted by Gasteiger charge is -2.24. The molecule has 0 spiro atoms. The third-order valence-electron chi connectivity index (χ3n) is 4.42. The molecule has 5 heteroatoms. The van der Waals surface area contributed by atoms with Gasteiger partial charge in [0.2, 0.25) is 5.91 Å². The Bertz CT molecular complexity index is 487. The second-order valence-electron chi connectivity index (χ2n) is 6.10. The van der Waals surface area contributed by atoms with E-state index in [9.17, 15) is 9.90 Å². The molecule has 0 bridgehead atoms. The summed E-state index contributed by atoms with van der Waals surface area (Å²) >= 11 is 0. The van der Waals surface area contributed by atoms with Gasteiger partial charge < -0.3 is 19.5 Å². The average Bonchev–Trinajstić information content (AvgIpc) is 2.90. The molecule has 0 aliphatic carbocycles. The Morgan fingerprint density at radius 1 is 1.23 bits per heavy atom. The molecular weight excluding hydrogens is 282 g/mol. The first kappa shape index (κ1) is 15.3. The third kappa shape index (κ3) is 3.78. The first-order valence-electron chi connectivity index (χ1n) is 7.97. The molecule has 1 aromatic carbocycles. The summed E-state index contributed by atoms with van der Waals surface area (Å²) in [6.07, 6.45) is 1.48. The van der Waals surface area contributed by atoms with Crippen LogP contribution in [0.5, 0.6) is 5.75 Å². The Hall–Kier alpha value is -1.59. The Morgan fingerprint density at radius 3 is 2.68 bits per heavy atom. The van der Waals surface area contributed by atoms with E-state index < -0.39 is 6.10 Å². The molecule has 120 valence electrons. The van der Waals surface area contributed by atoms with Gasteiger partial charge in [-0.25, -0.2) is 0 Å². The van der Waals surface area contributed by atoms with E-state index in [1.165, 1.54) is 0 Å². The van der Waals surface area contributed by atoms with Crippen molar-refractivity contribution in [2.24, 2.45) is 5.92 Å². The van der Waals surface area contributed by atoms with E-state index in [-0.39, 0.29) is 12.0 Å². The molecule has 1 aromatic rings. The average molecular weight is 305 g/mol. The molecule has 0 aromatic heterocycles. The van der Waals surface area contributed by atoms with Crippen LogP contribution in [0.3, 0.4) is 0 Å². The number of hydrogen-bond acceptors (Lipinski definition) is 4. The van der Waals surface area contributed by atoms with Crippen LogP contribution in [-0.2, 0) is 9.53 Å². The van der Waals surface area contributed by atoms with E-state index in [1.54, 1.807) is 4.90 Å². The van der Waals surface area contributed by atoms with Crippen molar-refractivity contribution in [1.29, 1.82) is 0 Å². The first-order valence-corrected chi connectivity index (χ1v) is 7.97. The summed E-state index contributed by atoms with van der Waals surface area (Å²) in [6, 6.07) is 9.43.